The van der Waals surface area contributed by atoms with E-state index in [1.54, 1.807) is 14.2 Å². The normalized spacial score (nSPS) is 10.7. The number of aromatic nitrogens is 2. The average molecular weight is 342 g/mol. The predicted molar refractivity (Wildman–Crippen MR) is 77.8 cm³/mol. The molecule has 0 atom stereocenters. The zero-order valence-electron chi connectivity index (χ0n) is 11.6. The molecule has 7 heteroatoms. The maximum Gasteiger partial charge on any atom is 0.240 e. The van der Waals surface area contributed by atoms with Crippen LogP contribution in [0.3, 0.4) is 0 Å². The number of hydrogen-bond acceptors (Lipinski definition) is 6. The van der Waals surface area contributed by atoms with Crippen LogP contribution < -0.4 is 15.2 Å². The lowest BCUT2D eigenvalue weighted by molar-refractivity contribution is 0.350. The van der Waals surface area contributed by atoms with Crippen molar-refractivity contribution in [1.29, 1.82) is 0 Å². The molecule has 0 bridgehead atoms. The maximum absolute atomic E-state index is 5.49. The van der Waals surface area contributed by atoms with Crippen LogP contribution >= 0.6 is 15.9 Å². The van der Waals surface area contributed by atoms with Gasteiger partial charge in [0.25, 0.3) is 0 Å². The molecule has 0 spiro atoms. The molecule has 0 radical (unpaired) electrons. The van der Waals surface area contributed by atoms with Crippen molar-refractivity contribution in [1.82, 2.24) is 10.1 Å². The summed E-state index contributed by atoms with van der Waals surface area (Å²) in [6.07, 6.45) is 0.745. The quantitative estimate of drug-likeness (QED) is 0.899. The van der Waals surface area contributed by atoms with Crippen molar-refractivity contribution in [3.05, 3.63) is 22.0 Å². The maximum atomic E-state index is 5.49. The molecule has 2 N–H and O–H groups in total. The van der Waals surface area contributed by atoms with Gasteiger partial charge in [-0.05, 0) is 28.4 Å². The SMILES string of the molecule is CCc1c(-c2noc(CN)n2)cc(Br)c(OC)c1OC. The number of methoxy groups -OCH3 is 2. The molecule has 1 aromatic carbocycles. The molecule has 0 fully saturated rings. The van der Waals surface area contributed by atoms with E-state index < -0.39 is 0 Å². The molecular formula is C13H16BrN3O3. The van der Waals surface area contributed by atoms with E-state index in [1.165, 1.54) is 0 Å². The summed E-state index contributed by atoms with van der Waals surface area (Å²) in [7, 11) is 3.21. The highest BCUT2D eigenvalue weighted by atomic mass is 79.9. The molecular weight excluding hydrogens is 326 g/mol. The number of hydrogen-bond donors (Lipinski definition) is 1. The van der Waals surface area contributed by atoms with E-state index in [0.717, 1.165) is 22.0 Å². The standard InChI is InChI=1S/C13H16BrN3O3/c1-4-7-8(13-16-10(6-15)20-17-13)5-9(14)12(19-3)11(7)18-2/h5H,4,6,15H2,1-3H3. The Morgan fingerprint density at radius 3 is 2.50 bits per heavy atom. The first-order chi connectivity index (χ1) is 9.65. The molecule has 1 heterocycles. The highest BCUT2D eigenvalue weighted by Crippen LogP contribution is 2.43. The van der Waals surface area contributed by atoms with Crippen molar-refractivity contribution >= 4 is 15.9 Å². The lowest BCUT2D eigenvalue weighted by Gasteiger charge is -2.16. The third kappa shape index (κ3) is 2.51. The topological polar surface area (TPSA) is 83.4 Å². The smallest absolute Gasteiger partial charge is 0.240 e. The van der Waals surface area contributed by atoms with E-state index in [0.29, 0.717) is 23.2 Å². The van der Waals surface area contributed by atoms with E-state index in [9.17, 15) is 0 Å². The first-order valence-electron chi connectivity index (χ1n) is 6.12. The first kappa shape index (κ1) is 14.8. The van der Waals surface area contributed by atoms with Gasteiger partial charge >= 0.3 is 0 Å². The van der Waals surface area contributed by atoms with Crippen LogP contribution in [0.1, 0.15) is 18.4 Å². The Morgan fingerprint density at radius 1 is 1.30 bits per heavy atom. The van der Waals surface area contributed by atoms with Crippen LogP contribution in [0, 0.1) is 0 Å². The van der Waals surface area contributed by atoms with Gasteiger partial charge in [0, 0.05) is 11.1 Å². The van der Waals surface area contributed by atoms with Gasteiger partial charge in [-0.2, -0.15) is 4.98 Å². The van der Waals surface area contributed by atoms with Crippen LogP contribution in [0.5, 0.6) is 11.5 Å². The molecule has 0 aliphatic heterocycles. The minimum atomic E-state index is 0.211. The van der Waals surface area contributed by atoms with Gasteiger partial charge in [0.15, 0.2) is 11.5 Å². The Kier molecular flexibility index (Phi) is 4.61. The zero-order valence-corrected chi connectivity index (χ0v) is 13.2. The second kappa shape index (κ2) is 6.23. The second-order valence-electron chi connectivity index (χ2n) is 4.02. The largest absolute Gasteiger partial charge is 0.493 e. The first-order valence-corrected chi connectivity index (χ1v) is 6.91. The molecule has 0 saturated carbocycles. The molecule has 1 aromatic heterocycles. The average Bonchev–Trinajstić information content (AvgIpc) is 2.94. The Hall–Kier alpha value is -1.60. The molecule has 0 aliphatic carbocycles. The van der Waals surface area contributed by atoms with Gasteiger partial charge < -0.3 is 19.7 Å². The van der Waals surface area contributed by atoms with Crippen molar-refractivity contribution in [2.45, 2.75) is 19.9 Å². The van der Waals surface area contributed by atoms with Crippen LogP contribution in [-0.2, 0) is 13.0 Å². The summed E-state index contributed by atoms with van der Waals surface area (Å²) >= 11 is 3.47. The summed E-state index contributed by atoms with van der Waals surface area (Å²) in [6.45, 7) is 2.24. The summed E-state index contributed by atoms with van der Waals surface area (Å²) < 4.78 is 16.7. The van der Waals surface area contributed by atoms with Gasteiger partial charge in [-0.15, -0.1) is 0 Å². The van der Waals surface area contributed by atoms with E-state index in [2.05, 4.69) is 26.1 Å². The molecule has 0 unspecified atom stereocenters. The predicted octanol–water partition coefficient (Wildman–Crippen LogP) is 2.54. The summed E-state index contributed by atoms with van der Waals surface area (Å²) in [5, 5.41) is 3.95. The fraction of sp³-hybridized carbons (Fsp3) is 0.385. The lowest BCUT2D eigenvalue weighted by atomic mass is 10.0. The number of nitrogens with zero attached hydrogens (tertiary/aromatic N) is 2. The second-order valence-corrected chi connectivity index (χ2v) is 4.87. The summed E-state index contributed by atoms with van der Waals surface area (Å²) in [6, 6.07) is 1.89. The Balaban J connectivity index is 2.66. The van der Waals surface area contributed by atoms with Gasteiger partial charge in [-0.25, -0.2) is 0 Å². The Morgan fingerprint density at radius 2 is 2.00 bits per heavy atom. The van der Waals surface area contributed by atoms with Crippen LogP contribution in [-0.4, -0.2) is 24.4 Å². The van der Waals surface area contributed by atoms with Crippen molar-refractivity contribution < 1.29 is 14.0 Å². The monoisotopic (exact) mass is 341 g/mol. The lowest BCUT2D eigenvalue weighted by Crippen LogP contribution is -2.00. The number of benzene rings is 1. The molecule has 0 aliphatic rings. The van der Waals surface area contributed by atoms with Crippen LogP contribution in [0.15, 0.2) is 15.1 Å². The van der Waals surface area contributed by atoms with E-state index in [4.69, 9.17) is 19.7 Å². The van der Waals surface area contributed by atoms with E-state index >= 15 is 0 Å². The molecule has 20 heavy (non-hydrogen) atoms. The number of ether oxygens (including phenoxy) is 2. The van der Waals surface area contributed by atoms with E-state index in [1.807, 2.05) is 13.0 Å². The highest BCUT2D eigenvalue weighted by Gasteiger charge is 2.21. The third-order valence-corrected chi connectivity index (χ3v) is 3.53. The molecule has 0 amide bonds. The van der Waals surface area contributed by atoms with Crippen molar-refractivity contribution in [3.8, 4) is 22.9 Å². The molecule has 0 saturated heterocycles. The Bertz CT molecular complexity index is 613. The fourth-order valence-electron chi connectivity index (χ4n) is 2.05. The van der Waals surface area contributed by atoms with Gasteiger partial charge in [0.1, 0.15) is 0 Å². The minimum absolute atomic E-state index is 0.211. The van der Waals surface area contributed by atoms with Crippen molar-refractivity contribution in [3.63, 3.8) is 0 Å². The molecule has 108 valence electrons. The summed E-state index contributed by atoms with van der Waals surface area (Å²) in [5.74, 6) is 2.20. The minimum Gasteiger partial charge on any atom is -0.493 e. The third-order valence-electron chi connectivity index (χ3n) is 2.94. The number of rotatable bonds is 5. The summed E-state index contributed by atoms with van der Waals surface area (Å²) in [4.78, 5) is 4.26. The number of nitrogens with two attached hydrogens (primary N) is 1. The van der Waals surface area contributed by atoms with Crippen molar-refractivity contribution in [2.24, 2.45) is 5.73 Å². The van der Waals surface area contributed by atoms with Gasteiger partial charge in [-0.3, -0.25) is 0 Å². The van der Waals surface area contributed by atoms with Gasteiger partial charge in [-0.1, -0.05) is 12.1 Å². The van der Waals surface area contributed by atoms with Crippen molar-refractivity contribution in [2.75, 3.05) is 14.2 Å². The van der Waals surface area contributed by atoms with E-state index in [-0.39, 0.29) is 6.54 Å². The fourth-order valence-corrected chi connectivity index (χ4v) is 2.62. The van der Waals surface area contributed by atoms with Gasteiger partial charge in [0.2, 0.25) is 11.7 Å². The Labute approximate surface area is 125 Å². The zero-order chi connectivity index (χ0) is 14.7. The van der Waals surface area contributed by atoms with Crippen LogP contribution in [0.25, 0.3) is 11.4 Å². The molecule has 2 aromatic rings. The molecule has 6 nitrogen and oxygen atoms in total. The van der Waals surface area contributed by atoms with Crippen LogP contribution in [0.2, 0.25) is 0 Å². The highest BCUT2D eigenvalue weighted by molar-refractivity contribution is 9.10. The van der Waals surface area contributed by atoms with Gasteiger partial charge in [0.05, 0.1) is 25.2 Å². The number of halogens is 1. The molecule has 2 rings (SSSR count). The summed E-state index contributed by atoms with van der Waals surface area (Å²) in [5.41, 5.74) is 7.28. The van der Waals surface area contributed by atoms with Crippen LogP contribution in [0.4, 0.5) is 0 Å².